The molecule has 0 aliphatic heterocycles. The van der Waals surface area contributed by atoms with Crippen LogP contribution in [0.2, 0.25) is 10.0 Å². The van der Waals surface area contributed by atoms with Crippen LogP contribution in [0, 0.1) is 22.7 Å². The number of hydrogen-bond acceptors (Lipinski definition) is 2. The van der Waals surface area contributed by atoms with E-state index in [9.17, 15) is 10.1 Å². The Kier molecular flexibility index (Phi) is 3.40. The van der Waals surface area contributed by atoms with Crippen LogP contribution in [0.25, 0.3) is 0 Å². The standard InChI is InChI=1S/C14H13Cl2NO/c1-14(2)6-10(14)13(18)9(7-17)8-3-4-11(15)12(16)5-8/h3-5,9-10H,6H2,1-2H3. The number of hydrogen-bond donors (Lipinski definition) is 0. The van der Waals surface area contributed by atoms with Crippen LogP contribution in [0.1, 0.15) is 31.7 Å². The van der Waals surface area contributed by atoms with Crippen LogP contribution < -0.4 is 0 Å². The summed E-state index contributed by atoms with van der Waals surface area (Å²) in [4.78, 5) is 12.3. The lowest BCUT2D eigenvalue weighted by molar-refractivity contribution is -0.121. The first kappa shape index (κ1) is 13.4. The summed E-state index contributed by atoms with van der Waals surface area (Å²) in [6.07, 6.45) is 0.853. The number of halogens is 2. The van der Waals surface area contributed by atoms with Gasteiger partial charge in [0, 0.05) is 5.92 Å². The summed E-state index contributed by atoms with van der Waals surface area (Å²) in [5.74, 6) is -0.774. The minimum Gasteiger partial charge on any atom is -0.298 e. The summed E-state index contributed by atoms with van der Waals surface area (Å²) in [7, 11) is 0. The summed E-state index contributed by atoms with van der Waals surface area (Å²) >= 11 is 11.7. The highest BCUT2D eigenvalue weighted by molar-refractivity contribution is 6.42. The van der Waals surface area contributed by atoms with Gasteiger partial charge in [-0.2, -0.15) is 5.26 Å². The van der Waals surface area contributed by atoms with Crippen molar-refractivity contribution < 1.29 is 4.79 Å². The van der Waals surface area contributed by atoms with Crippen molar-refractivity contribution in [1.29, 1.82) is 5.26 Å². The molecule has 2 rings (SSSR count). The molecule has 0 amide bonds. The van der Waals surface area contributed by atoms with E-state index in [-0.39, 0.29) is 17.1 Å². The summed E-state index contributed by atoms with van der Waals surface area (Å²) in [6, 6.07) is 6.98. The van der Waals surface area contributed by atoms with Crippen molar-refractivity contribution >= 4 is 29.0 Å². The fraction of sp³-hybridized carbons (Fsp3) is 0.429. The molecule has 1 aliphatic carbocycles. The Morgan fingerprint density at radius 1 is 1.44 bits per heavy atom. The number of rotatable bonds is 3. The quantitative estimate of drug-likeness (QED) is 0.833. The second-order valence-electron chi connectivity index (χ2n) is 5.38. The van der Waals surface area contributed by atoms with E-state index >= 15 is 0 Å². The third-order valence-electron chi connectivity index (χ3n) is 3.55. The third-order valence-corrected chi connectivity index (χ3v) is 4.29. The molecule has 0 radical (unpaired) electrons. The van der Waals surface area contributed by atoms with E-state index in [0.717, 1.165) is 6.42 Å². The Hall–Kier alpha value is -1.04. The molecule has 1 fully saturated rings. The number of benzene rings is 1. The number of ketones is 1. The van der Waals surface area contributed by atoms with E-state index in [1.807, 2.05) is 13.8 Å². The smallest absolute Gasteiger partial charge is 0.158 e. The van der Waals surface area contributed by atoms with E-state index in [1.54, 1.807) is 18.2 Å². The van der Waals surface area contributed by atoms with E-state index in [4.69, 9.17) is 23.2 Å². The monoisotopic (exact) mass is 281 g/mol. The molecule has 0 saturated heterocycles. The zero-order chi connectivity index (χ0) is 13.5. The van der Waals surface area contributed by atoms with Crippen LogP contribution in [-0.2, 0) is 4.79 Å². The topological polar surface area (TPSA) is 40.9 Å². The van der Waals surface area contributed by atoms with Crippen molar-refractivity contribution in [1.82, 2.24) is 0 Å². The highest BCUT2D eigenvalue weighted by Crippen LogP contribution is 2.53. The zero-order valence-corrected chi connectivity index (χ0v) is 11.7. The summed E-state index contributed by atoms with van der Waals surface area (Å²) < 4.78 is 0. The lowest BCUT2D eigenvalue weighted by Gasteiger charge is -2.10. The number of carbonyl (C=O) groups excluding carboxylic acids is 1. The van der Waals surface area contributed by atoms with Gasteiger partial charge in [0.2, 0.25) is 0 Å². The van der Waals surface area contributed by atoms with Gasteiger partial charge in [-0.1, -0.05) is 43.1 Å². The van der Waals surface area contributed by atoms with Crippen LogP contribution in [0.15, 0.2) is 18.2 Å². The lowest BCUT2D eigenvalue weighted by atomic mass is 9.91. The van der Waals surface area contributed by atoms with Gasteiger partial charge < -0.3 is 0 Å². The molecule has 94 valence electrons. The first-order valence-electron chi connectivity index (χ1n) is 5.75. The molecule has 0 spiro atoms. The molecule has 4 heteroatoms. The van der Waals surface area contributed by atoms with Gasteiger partial charge in [0.15, 0.2) is 5.78 Å². The van der Waals surface area contributed by atoms with Gasteiger partial charge in [-0.3, -0.25) is 4.79 Å². The predicted molar refractivity (Wildman–Crippen MR) is 71.7 cm³/mol. The lowest BCUT2D eigenvalue weighted by Crippen LogP contribution is -2.15. The second-order valence-corrected chi connectivity index (χ2v) is 6.20. The Morgan fingerprint density at radius 3 is 2.50 bits per heavy atom. The molecular formula is C14H13Cl2NO. The molecule has 1 aromatic rings. The van der Waals surface area contributed by atoms with Gasteiger partial charge in [0.25, 0.3) is 0 Å². The van der Waals surface area contributed by atoms with Crippen LogP contribution in [0.3, 0.4) is 0 Å². The highest BCUT2D eigenvalue weighted by atomic mass is 35.5. The second kappa shape index (κ2) is 4.57. The molecule has 2 unspecified atom stereocenters. The number of Topliss-reactive ketones (excluding diaryl/α,β-unsaturated/α-hetero) is 1. The van der Waals surface area contributed by atoms with Gasteiger partial charge in [-0.15, -0.1) is 0 Å². The van der Waals surface area contributed by atoms with E-state index in [1.165, 1.54) is 0 Å². The molecule has 0 N–H and O–H groups in total. The third kappa shape index (κ3) is 2.39. The fourth-order valence-electron chi connectivity index (χ4n) is 2.15. The van der Waals surface area contributed by atoms with Gasteiger partial charge >= 0.3 is 0 Å². The van der Waals surface area contributed by atoms with Gasteiger partial charge in [0.1, 0.15) is 5.92 Å². The summed E-state index contributed by atoms with van der Waals surface area (Å²) in [5, 5.41) is 10.0. The summed E-state index contributed by atoms with van der Waals surface area (Å²) in [6.45, 7) is 4.08. The van der Waals surface area contributed by atoms with Crippen molar-refractivity contribution in [2.75, 3.05) is 0 Å². The van der Waals surface area contributed by atoms with E-state index < -0.39 is 5.92 Å². The van der Waals surface area contributed by atoms with Crippen molar-refractivity contribution in [2.24, 2.45) is 11.3 Å². The fourth-order valence-corrected chi connectivity index (χ4v) is 2.45. The minimum atomic E-state index is -0.744. The van der Waals surface area contributed by atoms with E-state index in [0.29, 0.717) is 15.6 Å². The molecular weight excluding hydrogens is 269 g/mol. The maximum absolute atomic E-state index is 12.3. The molecule has 2 atom stereocenters. The van der Waals surface area contributed by atoms with Gasteiger partial charge in [-0.05, 0) is 29.5 Å². The maximum atomic E-state index is 12.3. The first-order chi connectivity index (χ1) is 8.36. The SMILES string of the molecule is CC1(C)CC1C(=O)C(C#N)c1ccc(Cl)c(Cl)c1. The molecule has 0 bridgehead atoms. The van der Waals surface area contributed by atoms with Gasteiger partial charge in [0.05, 0.1) is 16.1 Å². The van der Waals surface area contributed by atoms with Crippen LogP contribution in [0.5, 0.6) is 0 Å². The molecule has 1 saturated carbocycles. The van der Waals surface area contributed by atoms with Crippen LogP contribution >= 0.6 is 23.2 Å². The average Bonchev–Trinajstić information content (AvgIpc) is 2.94. The number of carbonyl (C=O) groups is 1. The Labute approximate surface area is 117 Å². The van der Waals surface area contributed by atoms with Crippen molar-refractivity contribution in [3.05, 3.63) is 33.8 Å². The Morgan fingerprint density at radius 2 is 2.06 bits per heavy atom. The molecule has 18 heavy (non-hydrogen) atoms. The molecule has 0 aromatic heterocycles. The molecule has 1 aromatic carbocycles. The largest absolute Gasteiger partial charge is 0.298 e. The maximum Gasteiger partial charge on any atom is 0.158 e. The molecule has 1 aliphatic rings. The number of nitrogens with zero attached hydrogens (tertiary/aromatic N) is 1. The van der Waals surface area contributed by atoms with Crippen molar-refractivity contribution in [3.63, 3.8) is 0 Å². The number of nitriles is 1. The predicted octanol–water partition coefficient (Wildman–Crippen LogP) is 4.22. The first-order valence-corrected chi connectivity index (χ1v) is 6.50. The van der Waals surface area contributed by atoms with E-state index in [2.05, 4.69) is 6.07 Å². The van der Waals surface area contributed by atoms with Crippen LogP contribution in [0.4, 0.5) is 0 Å². The zero-order valence-electron chi connectivity index (χ0n) is 10.2. The minimum absolute atomic E-state index is 0.0131. The van der Waals surface area contributed by atoms with Crippen LogP contribution in [-0.4, -0.2) is 5.78 Å². The molecule has 2 nitrogen and oxygen atoms in total. The van der Waals surface area contributed by atoms with Gasteiger partial charge in [-0.25, -0.2) is 0 Å². The van der Waals surface area contributed by atoms with Crippen molar-refractivity contribution in [2.45, 2.75) is 26.2 Å². The van der Waals surface area contributed by atoms with Crippen molar-refractivity contribution in [3.8, 4) is 6.07 Å². The highest BCUT2D eigenvalue weighted by Gasteiger charge is 2.52. The summed E-state index contributed by atoms with van der Waals surface area (Å²) in [5.41, 5.74) is 0.655. The average molecular weight is 282 g/mol. The molecule has 0 heterocycles. The normalized spacial score (nSPS) is 22.1. The Bertz CT molecular complexity index is 545. The Balaban J connectivity index is 2.27.